The van der Waals surface area contributed by atoms with Crippen molar-refractivity contribution in [3.8, 4) is 11.4 Å². The molecule has 1 amide bonds. The molecule has 0 saturated heterocycles. The van der Waals surface area contributed by atoms with Crippen molar-refractivity contribution in [1.82, 2.24) is 25.1 Å². The maximum absolute atomic E-state index is 12.4. The smallest absolute Gasteiger partial charge is 0.239 e. The van der Waals surface area contributed by atoms with E-state index in [2.05, 4.69) is 43.9 Å². The van der Waals surface area contributed by atoms with Gasteiger partial charge in [0.1, 0.15) is 0 Å². The lowest BCUT2D eigenvalue weighted by atomic mass is 10.2. The highest BCUT2D eigenvalue weighted by Gasteiger charge is 2.22. The van der Waals surface area contributed by atoms with Gasteiger partial charge in [-0.15, -0.1) is 10.2 Å². The van der Waals surface area contributed by atoms with E-state index in [0.29, 0.717) is 11.1 Å². The highest BCUT2D eigenvalue weighted by atomic mass is 32.2. The van der Waals surface area contributed by atoms with Gasteiger partial charge in [-0.2, -0.15) is 0 Å². The third-order valence-corrected chi connectivity index (χ3v) is 5.64. The molecule has 7 nitrogen and oxygen atoms in total. The van der Waals surface area contributed by atoms with Gasteiger partial charge in [-0.05, 0) is 25.0 Å². The molecule has 2 aromatic heterocycles. The molecule has 0 spiro atoms. The van der Waals surface area contributed by atoms with Crippen LogP contribution in [0, 0.1) is 5.92 Å². The molecule has 0 fully saturated rings. The standard InChI is InChI=1S/C17H22N6OS2/c1-11(2)10-23-14(13-4-6-18-7-5-13)21-22-17(23)26-12(3)15(24)20-16-19-8-9-25-16/h4-7,11-12H,8-10H2,1-3H3,(H,19,20,24)/t12-/m0/s1. The van der Waals surface area contributed by atoms with Gasteiger partial charge >= 0.3 is 0 Å². The lowest BCUT2D eigenvalue weighted by Crippen LogP contribution is -2.34. The van der Waals surface area contributed by atoms with Gasteiger partial charge in [-0.25, -0.2) is 0 Å². The van der Waals surface area contributed by atoms with Crippen LogP contribution >= 0.6 is 23.5 Å². The molecule has 0 unspecified atom stereocenters. The number of nitrogens with one attached hydrogen (secondary N) is 1. The molecule has 26 heavy (non-hydrogen) atoms. The minimum atomic E-state index is -0.292. The fourth-order valence-corrected chi connectivity index (χ4v) is 4.04. The molecule has 2 aromatic rings. The summed E-state index contributed by atoms with van der Waals surface area (Å²) in [6.07, 6.45) is 3.49. The van der Waals surface area contributed by atoms with Crippen molar-refractivity contribution in [1.29, 1.82) is 0 Å². The summed E-state index contributed by atoms with van der Waals surface area (Å²) in [6.45, 7) is 7.72. The number of hydrogen-bond donors (Lipinski definition) is 1. The first kappa shape index (κ1) is 18.9. The summed E-state index contributed by atoms with van der Waals surface area (Å²) >= 11 is 2.99. The van der Waals surface area contributed by atoms with Gasteiger partial charge in [0.2, 0.25) is 5.91 Å². The van der Waals surface area contributed by atoms with Crippen molar-refractivity contribution in [3.63, 3.8) is 0 Å². The second kappa shape index (κ2) is 8.68. The number of aromatic nitrogens is 4. The zero-order valence-corrected chi connectivity index (χ0v) is 16.7. The molecule has 1 atom stereocenters. The number of thioether (sulfide) groups is 2. The monoisotopic (exact) mass is 390 g/mol. The lowest BCUT2D eigenvalue weighted by molar-refractivity contribution is -0.118. The maximum Gasteiger partial charge on any atom is 0.239 e. The molecule has 3 heterocycles. The van der Waals surface area contributed by atoms with Gasteiger partial charge in [0, 0.05) is 30.3 Å². The second-order valence-electron chi connectivity index (χ2n) is 6.33. The van der Waals surface area contributed by atoms with E-state index in [0.717, 1.165) is 35.4 Å². The van der Waals surface area contributed by atoms with Crippen LogP contribution in [0.4, 0.5) is 0 Å². The number of rotatable bonds is 6. The maximum atomic E-state index is 12.4. The topological polar surface area (TPSA) is 85.1 Å². The number of amidine groups is 1. The van der Waals surface area contributed by atoms with Crippen LogP contribution in [0.15, 0.2) is 34.7 Å². The second-order valence-corrected chi connectivity index (χ2v) is 8.72. The highest BCUT2D eigenvalue weighted by Crippen LogP contribution is 2.27. The highest BCUT2D eigenvalue weighted by molar-refractivity contribution is 8.14. The lowest BCUT2D eigenvalue weighted by Gasteiger charge is -2.15. The fraction of sp³-hybridized carbons (Fsp3) is 0.471. The first-order valence-corrected chi connectivity index (χ1v) is 10.4. The summed E-state index contributed by atoms with van der Waals surface area (Å²) in [6, 6.07) is 3.84. The summed E-state index contributed by atoms with van der Waals surface area (Å²) in [5, 5.41) is 12.7. The molecule has 1 aliphatic rings. The zero-order chi connectivity index (χ0) is 18.5. The van der Waals surface area contributed by atoms with Crippen molar-refractivity contribution in [2.75, 3.05) is 12.3 Å². The van der Waals surface area contributed by atoms with Crippen molar-refractivity contribution in [2.24, 2.45) is 10.9 Å². The largest absolute Gasteiger partial charge is 0.304 e. The van der Waals surface area contributed by atoms with E-state index in [9.17, 15) is 4.79 Å². The number of amides is 1. The Hall–Kier alpha value is -1.87. The molecular formula is C17H22N6OS2. The quantitative estimate of drug-likeness (QED) is 0.764. The van der Waals surface area contributed by atoms with E-state index in [1.807, 2.05) is 19.1 Å². The number of carbonyl (C=O) groups excluding carboxylic acids is 1. The Balaban J connectivity index is 1.78. The summed E-state index contributed by atoms with van der Waals surface area (Å²) in [7, 11) is 0. The summed E-state index contributed by atoms with van der Waals surface area (Å²) in [4.78, 5) is 20.7. The molecule has 1 aliphatic heterocycles. The van der Waals surface area contributed by atoms with Crippen LogP contribution in [0.1, 0.15) is 20.8 Å². The van der Waals surface area contributed by atoms with Gasteiger partial charge < -0.3 is 9.88 Å². The zero-order valence-electron chi connectivity index (χ0n) is 15.0. The van der Waals surface area contributed by atoms with Gasteiger partial charge in [-0.1, -0.05) is 37.4 Å². The predicted molar refractivity (Wildman–Crippen MR) is 106 cm³/mol. The Morgan fingerprint density at radius 1 is 1.31 bits per heavy atom. The van der Waals surface area contributed by atoms with Gasteiger partial charge in [0.25, 0.3) is 0 Å². The summed E-state index contributed by atoms with van der Waals surface area (Å²) in [5.41, 5.74) is 0.966. The minimum Gasteiger partial charge on any atom is -0.304 e. The number of carbonyl (C=O) groups is 1. The SMILES string of the molecule is CC(C)Cn1c(S[C@@H](C)C(=O)NC2=NCCS2)nnc1-c1ccncc1. The number of nitrogens with zero attached hydrogens (tertiary/aromatic N) is 5. The van der Waals surface area contributed by atoms with Crippen LogP contribution in [0.5, 0.6) is 0 Å². The molecule has 1 N–H and O–H groups in total. The average molecular weight is 391 g/mol. The van der Waals surface area contributed by atoms with Gasteiger partial charge in [-0.3, -0.25) is 14.8 Å². The Labute approximate surface area is 161 Å². The van der Waals surface area contributed by atoms with Crippen molar-refractivity contribution in [3.05, 3.63) is 24.5 Å². The predicted octanol–water partition coefficient (Wildman–Crippen LogP) is 2.70. The van der Waals surface area contributed by atoms with Crippen LogP contribution in [-0.4, -0.2) is 48.4 Å². The molecular weight excluding hydrogens is 368 g/mol. The van der Waals surface area contributed by atoms with Crippen LogP contribution in [0.3, 0.4) is 0 Å². The summed E-state index contributed by atoms with van der Waals surface area (Å²) in [5.74, 6) is 2.09. The van der Waals surface area contributed by atoms with Crippen molar-refractivity contribution < 1.29 is 4.79 Å². The fourth-order valence-electron chi connectivity index (χ4n) is 2.45. The van der Waals surface area contributed by atoms with Gasteiger partial charge in [0.05, 0.1) is 11.8 Å². The molecule has 0 radical (unpaired) electrons. The number of hydrogen-bond acceptors (Lipinski definition) is 7. The van der Waals surface area contributed by atoms with E-state index in [1.165, 1.54) is 11.8 Å². The Morgan fingerprint density at radius 2 is 2.08 bits per heavy atom. The van der Waals surface area contributed by atoms with E-state index >= 15 is 0 Å². The van der Waals surface area contributed by atoms with E-state index < -0.39 is 0 Å². The van der Waals surface area contributed by atoms with E-state index in [1.54, 1.807) is 24.2 Å². The molecule has 138 valence electrons. The molecule has 9 heteroatoms. The molecule has 3 rings (SSSR count). The third-order valence-electron chi connectivity index (χ3n) is 3.67. The van der Waals surface area contributed by atoms with E-state index in [4.69, 9.17) is 0 Å². The third kappa shape index (κ3) is 4.64. The van der Waals surface area contributed by atoms with Gasteiger partial charge in [0.15, 0.2) is 16.1 Å². The van der Waals surface area contributed by atoms with Crippen LogP contribution in [0.2, 0.25) is 0 Å². The number of aliphatic imine (C=N–C) groups is 1. The first-order valence-electron chi connectivity index (χ1n) is 8.53. The van der Waals surface area contributed by atoms with Crippen LogP contribution < -0.4 is 5.32 Å². The summed E-state index contributed by atoms with van der Waals surface area (Å²) < 4.78 is 2.08. The Bertz CT molecular complexity index is 790. The van der Waals surface area contributed by atoms with E-state index in [-0.39, 0.29) is 11.2 Å². The molecule has 0 bridgehead atoms. The number of pyridine rings is 1. The normalized spacial score (nSPS) is 15.2. The molecule has 0 aromatic carbocycles. The van der Waals surface area contributed by atoms with Crippen molar-refractivity contribution in [2.45, 2.75) is 37.7 Å². The average Bonchev–Trinajstić information content (AvgIpc) is 3.26. The van der Waals surface area contributed by atoms with Crippen LogP contribution in [-0.2, 0) is 11.3 Å². The molecule has 0 saturated carbocycles. The Morgan fingerprint density at radius 3 is 2.73 bits per heavy atom. The van der Waals surface area contributed by atoms with Crippen LogP contribution in [0.25, 0.3) is 11.4 Å². The van der Waals surface area contributed by atoms with Crippen molar-refractivity contribution >= 4 is 34.6 Å². The molecule has 0 aliphatic carbocycles. The Kier molecular flexibility index (Phi) is 6.31. The first-order chi connectivity index (χ1) is 12.5. The minimum absolute atomic E-state index is 0.0623.